The fourth-order valence-corrected chi connectivity index (χ4v) is 3.01. The molecule has 3 heteroatoms. The van der Waals surface area contributed by atoms with Crippen molar-refractivity contribution in [3.63, 3.8) is 0 Å². The first-order valence-corrected chi connectivity index (χ1v) is 8.26. The number of aryl methyl sites for hydroxylation is 2. The van der Waals surface area contributed by atoms with Crippen LogP contribution >= 0.6 is 11.8 Å². The highest BCUT2D eigenvalue weighted by Crippen LogP contribution is 2.15. The number of amides is 1. The first-order chi connectivity index (χ1) is 10.2. The number of nitrogens with one attached hydrogen (secondary N) is 1. The van der Waals surface area contributed by atoms with Crippen LogP contribution in [0.15, 0.2) is 48.5 Å². The van der Waals surface area contributed by atoms with E-state index < -0.39 is 0 Å². The highest BCUT2D eigenvalue weighted by atomic mass is 32.2. The van der Waals surface area contributed by atoms with Crippen molar-refractivity contribution in [1.82, 2.24) is 5.32 Å². The predicted octanol–water partition coefficient (Wildman–Crippen LogP) is 3.85. The molecule has 0 radical (unpaired) electrons. The van der Waals surface area contributed by atoms with Crippen LogP contribution in [0.1, 0.15) is 22.3 Å². The minimum absolute atomic E-state index is 0.0943. The summed E-state index contributed by atoms with van der Waals surface area (Å²) in [7, 11) is 0. The molecule has 0 aliphatic carbocycles. The lowest BCUT2D eigenvalue weighted by molar-refractivity contribution is -0.118. The van der Waals surface area contributed by atoms with Gasteiger partial charge in [-0.15, -0.1) is 11.8 Å². The third-order valence-electron chi connectivity index (χ3n) is 3.49. The van der Waals surface area contributed by atoms with Gasteiger partial charge in [0, 0.05) is 12.3 Å². The molecule has 2 rings (SSSR count). The van der Waals surface area contributed by atoms with Gasteiger partial charge in [-0.1, -0.05) is 48.5 Å². The van der Waals surface area contributed by atoms with Gasteiger partial charge in [0.2, 0.25) is 5.91 Å². The second kappa shape index (κ2) is 7.89. The topological polar surface area (TPSA) is 29.1 Å². The third-order valence-corrected chi connectivity index (χ3v) is 4.47. The van der Waals surface area contributed by atoms with Crippen LogP contribution in [0, 0.1) is 13.8 Å². The molecular weight excluding hydrogens is 278 g/mol. The summed E-state index contributed by atoms with van der Waals surface area (Å²) >= 11 is 1.66. The van der Waals surface area contributed by atoms with Crippen LogP contribution < -0.4 is 5.32 Å². The fourth-order valence-electron chi connectivity index (χ4n) is 2.08. The SMILES string of the molecule is Cc1ccccc1CNC(=O)CSCc1ccccc1C. The molecule has 0 aliphatic heterocycles. The number of benzene rings is 2. The van der Waals surface area contributed by atoms with Crippen LogP contribution in [-0.4, -0.2) is 11.7 Å². The zero-order valence-electron chi connectivity index (χ0n) is 12.6. The molecule has 0 bridgehead atoms. The maximum Gasteiger partial charge on any atom is 0.230 e. The van der Waals surface area contributed by atoms with Gasteiger partial charge in [0.15, 0.2) is 0 Å². The van der Waals surface area contributed by atoms with Gasteiger partial charge in [-0.3, -0.25) is 4.79 Å². The van der Waals surface area contributed by atoms with E-state index in [1.54, 1.807) is 11.8 Å². The third kappa shape index (κ3) is 4.94. The van der Waals surface area contributed by atoms with Crippen LogP contribution in [0.25, 0.3) is 0 Å². The van der Waals surface area contributed by atoms with Crippen LogP contribution in [0.3, 0.4) is 0 Å². The van der Waals surface area contributed by atoms with E-state index in [9.17, 15) is 4.79 Å². The summed E-state index contributed by atoms with van der Waals surface area (Å²) in [5.41, 5.74) is 4.97. The second-order valence-corrected chi connectivity index (χ2v) is 6.11. The van der Waals surface area contributed by atoms with E-state index in [1.165, 1.54) is 22.3 Å². The van der Waals surface area contributed by atoms with Crippen molar-refractivity contribution in [3.8, 4) is 0 Å². The van der Waals surface area contributed by atoms with E-state index in [0.29, 0.717) is 12.3 Å². The van der Waals surface area contributed by atoms with E-state index >= 15 is 0 Å². The largest absolute Gasteiger partial charge is 0.351 e. The molecule has 0 saturated carbocycles. The molecule has 0 aromatic heterocycles. The minimum Gasteiger partial charge on any atom is -0.351 e. The predicted molar refractivity (Wildman–Crippen MR) is 90.4 cm³/mol. The smallest absolute Gasteiger partial charge is 0.230 e. The maximum atomic E-state index is 11.9. The van der Waals surface area contributed by atoms with Gasteiger partial charge in [0.25, 0.3) is 0 Å². The molecule has 1 N–H and O–H groups in total. The van der Waals surface area contributed by atoms with Crippen molar-refractivity contribution in [2.75, 3.05) is 5.75 Å². The van der Waals surface area contributed by atoms with E-state index in [2.05, 4.69) is 43.4 Å². The zero-order valence-corrected chi connectivity index (χ0v) is 13.4. The summed E-state index contributed by atoms with van der Waals surface area (Å²) < 4.78 is 0. The lowest BCUT2D eigenvalue weighted by atomic mass is 10.1. The Morgan fingerprint density at radius 3 is 2.14 bits per heavy atom. The molecule has 21 heavy (non-hydrogen) atoms. The molecule has 0 saturated heterocycles. The molecule has 0 heterocycles. The molecule has 110 valence electrons. The molecule has 0 spiro atoms. The Hall–Kier alpha value is -1.74. The van der Waals surface area contributed by atoms with Gasteiger partial charge in [-0.25, -0.2) is 0 Å². The summed E-state index contributed by atoms with van der Waals surface area (Å²) in [6.07, 6.45) is 0. The van der Waals surface area contributed by atoms with E-state index in [0.717, 1.165) is 5.75 Å². The number of thioether (sulfide) groups is 1. The van der Waals surface area contributed by atoms with Crippen molar-refractivity contribution in [2.24, 2.45) is 0 Å². The molecule has 1 amide bonds. The normalized spacial score (nSPS) is 10.4. The Balaban J connectivity index is 1.73. The first-order valence-electron chi connectivity index (χ1n) is 7.10. The van der Waals surface area contributed by atoms with Crippen molar-refractivity contribution in [3.05, 3.63) is 70.8 Å². The van der Waals surface area contributed by atoms with Crippen molar-refractivity contribution >= 4 is 17.7 Å². The van der Waals surface area contributed by atoms with Crippen LogP contribution in [0.2, 0.25) is 0 Å². The Bertz CT molecular complexity index is 610. The zero-order chi connectivity index (χ0) is 15.1. The standard InChI is InChI=1S/C18H21NOS/c1-14-7-3-5-9-16(14)11-19-18(20)13-21-12-17-10-6-4-8-15(17)2/h3-10H,11-13H2,1-2H3,(H,19,20). The van der Waals surface area contributed by atoms with Gasteiger partial charge in [0.05, 0.1) is 5.75 Å². The molecule has 0 unspecified atom stereocenters. The molecular formula is C18H21NOS. The molecule has 2 nitrogen and oxygen atoms in total. The van der Waals surface area contributed by atoms with Gasteiger partial charge < -0.3 is 5.32 Å². The summed E-state index contributed by atoms with van der Waals surface area (Å²) in [5.74, 6) is 1.47. The number of rotatable bonds is 6. The van der Waals surface area contributed by atoms with E-state index in [-0.39, 0.29) is 5.91 Å². The number of carbonyl (C=O) groups is 1. The summed E-state index contributed by atoms with van der Waals surface area (Å²) in [6, 6.07) is 16.4. The summed E-state index contributed by atoms with van der Waals surface area (Å²) in [4.78, 5) is 11.9. The average Bonchev–Trinajstić information content (AvgIpc) is 2.48. The molecule has 0 atom stereocenters. The lowest BCUT2D eigenvalue weighted by Crippen LogP contribution is -2.25. The summed E-state index contributed by atoms with van der Waals surface area (Å²) in [6.45, 7) is 4.78. The minimum atomic E-state index is 0.0943. The number of hydrogen-bond donors (Lipinski definition) is 1. The van der Waals surface area contributed by atoms with Gasteiger partial charge >= 0.3 is 0 Å². The Labute approximate surface area is 131 Å². The quantitative estimate of drug-likeness (QED) is 0.877. The van der Waals surface area contributed by atoms with Crippen molar-refractivity contribution in [1.29, 1.82) is 0 Å². The maximum absolute atomic E-state index is 11.9. The highest BCUT2D eigenvalue weighted by Gasteiger charge is 2.04. The molecule has 0 aliphatic rings. The van der Waals surface area contributed by atoms with Crippen LogP contribution in [-0.2, 0) is 17.1 Å². The van der Waals surface area contributed by atoms with Gasteiger partial charge in [-0.2, -0.15) is 0 Å². The monoisotopic (exact) mass is 299 g/mol. The number of carbonyl (C=O) groups excluding carboxylic acids is 1. The van der Waals surface area contributed by atoms with E-state index in [1.807, 2.05) is 24.3 Å². The molecule has 0 fully saturated rings. The Morgan fingerprint density at radius 1 is 0.952 bits per heavy atom. The van der Waals surface area contributed by atoms with Gasteiger partial charge in [0.1, 0.15) is 0 Å². The van der Waals surface area contributed by atoms with Crippen molar-refractivity contribution < 1.29 is 4.79 Å². The molecule has 2 aromatic carbocycles. The van der Waals surface area contributed by atoms with Gasteiger partial charge in [-0.05, 0) is 36.1 Å². The second-order valence-electron chi connectivity index (χ2n) is 5.12. The summed E-state index contributed by atoms with van der Waals surface area (Å²) in [5, 5.41) is 2.98. The van der Waals surface area contributed by atoms with E-state index in [4.69, 9.17) is 0 Å². The fraction of sp³-hybridized carbons (Fsp3) is 0.278. The van der Waals surface area contributed by atoms with Crippen LogP contribution in [0.4, 0.5) is 0 Å². The lowest BCUT2D eigenvalue weighted by Gasteiger charge is -2.08. The number of hydrogen-bond acceptors (Lipinski definition) is 2. The van der Waals surface area contributed by atoms with Crippen molar-refractivity contribution in [2.45, 2.75) is 26.1 Å². The average molecular weight is 299 g/mol. The highest BCUT2D eigenvalue weighted by molar-refractivity contribution is 7.99. The van der Waals surface area contributed by atoms with Crippen LogP contribution in [0.5, 0.6) is 0 Å². The first kappa shape index (κ1) is 15.6. The Kier molecular flexibility index (Phi) is 5.88. The Morgan fingerprint density at radius 2 is 1.52 bits per heavy atom. The molecule has 2 aromatic rings.